The zero-order valence-electron chi connectivity index (χ0n) is 10.9. The normalized spacial score (nSPS) is 29.7. The highest BCUT2D eigenvalue weighted by molar-refractivity contribution is 5.80. The molecule has 3 rings (SSSR count). The molecule has 5 heteroatoms. The fourth-order valence-corrected chi connectivity index (χ4v) is 3.37. The maximum atomic E-state index is 12.1. The van der Waals surface area contributed by atoms with Crippen molar-refractivity contribution in [2.45, 2.75) is 19.8 Å². The number of hydrogen-bond donors (Lipinski definition) is 0. The Balaban J connectivity index is 1.54. The van der Waals surface area contributed by atoms with Gasteiger partial charge in [0, 0.05) is 45.1 Å². The molecule has 3 aliphatic heterocycles. The minimum Gasteiger partial charge on any atom is -0.381 e. The summed E-state index contributed by atoms with van der Waals surface area (Å²) in [5, 5.41) is 0. The zero-order chi connectivity index (χ0) is 12.8. The second-order valence-corrected chi connectivity index (χ2v) is 5.95. The predicted octanol–water partition coefficient (Wildman–Crippen LogP) is 0.104. The maximum Gasteiger partial charge on any atom is 0.228 e. The Morgan fingerprint density at radius 2 is 1.94 bits per heavy atom. The Morgan fingerprint density at radius 1 is 1.22 bits per heavy atom. The van der Waals surface area contributed by atoms with Crippen molar-refractivity contribution in [2.24, 2.45) is 11.3 Å². The van der Waals surface area contributed by atoms with Gasteiger partial charge in [-0.1, -0.05) is 0 Å². The molecule has 0 aromatic carbocycles. The quantitative estimate of drug-likeness (QED) is 0.665. The summed E-state index contributed by atoms with van der Waals surface area (Å²) in [5.74, 6) is 0.480. The number of carbonyl (C=O) groups is 2. The first-order valence-corrected chi connectivity index (χ1v) is 6.72. The van der Waals surface area contributed by atoms with Crippen LogP contribution in [0.2, 0.25) is 0 Å². The van der Waals surface area contributed by atoms with Crippen LogP contribution in [0.3, 0.4) is 0 Å². The van der Waals surface area contributed by atoms with Gasteiger partial charge in [0.1, 0.15) is 0 Å². The summed E-state index contributed by atoms with van der Waals surface area (Å²) < 4.78 is 5.26. The third-order valence-corrected chi connectivity index (χ3v) is 4.53. The van der Waals surface area contributed by atoms with E-state index < -0.39 is 0 Å². The molecule has 3 fully saturated rings. The number of rotatable bonds is 1. The number of ether oxygens (including phenoxy) is 1. The molecule has 100 valence electrons. The van der Waals surface area contributed by atoms with E-state index in [0.29, 0.717) is 13.2 Å². The summed E-state index contributed by atoms with van der Waals surface area (Å²) in [7, 11) is 0. The first kappa shape index (κ1) is 12.0. The van der Waals surface area contributed by atoms with Gasteiger partial charge in [0.2, 0.25) is 11.8 Å². The third kappa shape index (κ3) is 1.90. The lowest BCUT2D eigenvalue weighted by Gasteiger charge is -2.48. The topological polar surface area (TPSA) is 49.9 Å². The third-order valence-electron chi connectivity index (χ3n) is 4.53. The molecule has 0 unspecified atom stereocenters. The standard InChI is InChI=1S/C13H20N2O3/c1-10(16)14-4-3-13(7-14)8-15(9-13)12(17)11-2-5-18-6-11/h11H,2-9H2,1H3/t11-/m0/s1. The minimum atomic E-state index is 0.0765. The summed E-state index contributed by atoms with van der Waals surface area (Å²) >= 11 is 0. The molecule has 0 bridgehead atoms. The van der Waals surface area contributed by atoms with E-state index in [2.05, 4.69) is 0 Å². The van der Waals surface area contributed by atoms with Gasteiger partial charge in [0.15, 0.2) is 0 Å². The van der Waals surface area contributed by atoms with Crippen LogP contribution in [0.25, 0.3) is 0 Å². The average molecular weight is 252 g/mol. The largest absolute Gasteiger partial charge is 0.381 e. The highest BCUT2D eigenvalue weighted by Crippen LogP contribution is 2.40. The van der Waals surface area contributed by atoms with Gasteiger partial charge in [-0.15, -0.1) is 0 Å². The predicted molar refractivity (Wildman–Crippen MR) is 64.8 cm³/mol. The Labute approximate surface area is 107 Å². The van der Waals surface area contributed by atoms with Gasteiger partial charge in [-0.05, 0) is 12.8 Å². The molecule has 0 N–H and O–H groups in total. The van der Waals surface area contributed by atoms with Gasteiger partial charge in [0.05, 0.1) is 12.5 Å². The molecule has 18 heavy (non-hydrogen) atoms. The van der Waals surface area contributed by atoms with Crippen molar-refractivity contribution < 1.29 is 14.3 Å². The molecule has 1 spiro atoms. The van der Waals surface area contributed by atoms with Crippen molar-refractivity contribution >= 4 is 11.8 Å². The van der Waals surface area contributed by atoms with Crippen LogP contribution in [0, 0.1) is 11.3 Å². The van der Waals surface area contributed by atoms with Crippen LogP contribution in [0.1, 0.15) is 19.8 Å². The number of nitrogens with zero attached hydrogens (tertiary/aromatic N) is 2. The molecule has 5 nitrogen and oxygen atoms in total. The van der Waals surface area contributed by atoms with E-state index in [1.807, 2.05) is 9.80 Å². The summed E-state index contributed by atoms with van der Waals surface area (Å²) in [6.07, 6.45) is 1.90. The van der Waals surface area contributed by atoms with Crippen LogP contribution in [0.5, 0.6) is 0 Å². The second kappa shape index (κ2) is 4.23. The smallest absolute Gasteiger partial charge is 0.228 e. The summed E-state index contributed by atoms with van der Waals surface area (Å²) in [5.41, 5.74) is 0.195. The lowest BCUT2D eigenvalue weighted by molar-refractivity contribution is -0.147. The molecule has 0 aromatic rings. The SMILES string of the molecule is CC(=O)N1CCC2(C1)CN(C(=O)[C@H]1CCOC1)C2. The van der Waals surface area contributed by atoms with Crippen LogP contribution >= 0.6 is 0 Å². The van der Waals surface area contributed by atoms with E-state index in [0.717, 1.165) is 39.0 Å². The highest BCUT2D eigenvalue weighted by atomic mass is 16.5. The first-order chi connectivity index (χ1) is 8.60. The molecule has 0 aliphatic carbocycles. The molecular weight excluding hydrogens is 232 g/mol. The first-order valence-electron chi connectivity index (χ1n) is 6.72. The van der Waals surface area contributed by atoms with E-state index in [1.165, 1.54) is 0 Å². The molecule has 3 heterocycles. The van der Waals surface area contributed by atoms with Crippen LogP contribution in [-0.4, -0.2) is 61.0 Å². The van der Waals surface area contributed by atoms with Crippen LogP contribution < -0.4 is 0 Å². The lowest BCUT2D eigenvalue weighted by Crippen LogP contribution is -2.60. The van der Waals surface area contributed by atoms with Crippen molar-refractivity contribution in [3.8, 4) is 0 Å². The Kier molecular flexibility index (Phi) is 2.81. The Hall–Kier alpha value is -1.10. The van der Waals surface area contributed by atoms with Crippen molar-refractivity contribution in [3.05, 3.63) is 0 Å². The summed E-state index contributed by atoms with van der Waals surface area (Å²) in [4.78, 5) is 27.3. The van der Waals surface area contributed by atoms with Gasteiger partial charge in [-0.25, -0.2) is 0 Å². The molecule has 0 aromatic heterocycles. The maximum absolute atomic E-state index is 12.1. The van der Waals surface area contributed by atoms with Crippen molar-refractivity contribution in [1.82, 2.24) is 9.80 Å². The molecule has 3 saturated heterocycles. The molecule has 0 saturated carbocycles. The van der Waals surface area contributed by atoms with Crippen LogP contribution in [0.15, 0.2) is 0 Å². The summed E-state index contributed by atoms with van der Waals surface area (Å²) in [6, 6.07) is 0. The molecule has 2 amide bonds. The Morgan fingerprint density at radius 3 is 2.50 bits per heavy atom. The Bertz CT molecular complexity index is 370. The highest BCUT2D eigenvalue weighted by Gasteiger charge is 2.50. The van der Waals surface area contributed by atoms with Gasteiger partial charge in [0.25, 0.3) is 0 Å². The van der Waals surface area contributed by atoms with Crippen LogP contribution in [-0.2, 0) is 14.3 Å². The molecule has 3 aliphatic rings. The van der Waals surface area contributed by atoms with E-state index in [4.69, 9.17) is 4.74 Å². The number of amides is 2. The van der Waals surface area contributed by atoms with E-state index in [9.17, 15) is 9.59 Å². The molecule has 0 radical (unpaired) electrons. The summed E-state index contributed by atoms with van der Waals surface area (Å²) in [6.45, 7) is 6.25. The lowest BCUT2D eigenvalue weighted by atomic mass is 9.78. The van der Waals surface area contributed by atoms with E-state index in [-0.39, 0.29) is 23.1 Å². The fraction of sp³-hybridized carbons (Fsp3) is 0.846. The van der Waals surface area contributed by atoms with E-state index in [1.54, 1.807) is 6.92 Å². The van der Waals surface area contributed by atoms with Crippen LogP contribution in [0.4, 0.5) is 0 Å². The van der Waals surface area contributed by atoms with Gasteiger partial charge in [-0.3, -0.25) is 9.59 Å². The minimum absolute atomic E-state index is 0.0765. The zero-order valence-corrected chi connectivity index (χ0v) is 10.9. The van der Waals surface area contributed by atoms with Crippen molar-refractivity contribution in [3.63, 3.8) is 0 Å². The monoisotopic (exact) mass is 252 g/mol. The van der Waals surface area contributed by atoms with Crippen molar-refractivity contribution in [1.29, 1.82) is 0 Å². The number of carbonyl (C=O) groups excluding carboxylic acids is 2. The van der Waals surface area contributed by atoms with E-state index >= 15 is 0 Å². The number of hydrogen-bond acceptors (Lipinski definition) is 3. The second-order valence-electron chi connectivity index (χ2n) is 5.95. The number of likely N-dealkylation sites (tertiary alicyclic amines) is 2. The average Bonchev–Trinajstić information content (AvgIpc) is 2.95. The van der Waals surface area contributed by atoms with Crippen molar-refractivity contribution in [2.75, 3.05) is 39.4 Å². The van der Waals surface area contributed by atoms with Gasteiger partial charge < -0.3 is 14.5 Å². The molecular formula is C13H20N2O3. The fourth-order valence-electron chi connectivity index (χ4n) is 3.37. The molecule has 1 atom stereocenters. The van der Waals surface area contributed by atoms with Gasteiger partial charge >= 0.3 is 0 Å². The van der Waals surface area contributed by atoms with Gasteiger partial charge in [-0.2, -0.15) is 0 Å².